The van der Waals surface area contributed by atoms with Crippen LogP contribution in [0.25, 0.3) is 10.4 Å². The number of azide groups is 1. The molecule has 5 atom stereocenters. The molecule has 1 saturated heterocycles. The number of nitrogens with zero attached hydrogens (tertiary/aromatic N) is 3. The summed E-state index contributed by atoms with van der Waals surface area (Å²) in [6, 6.07) is 26.3. The summed E-state index contributed by atoms with van der Waals surface area (Å²) in [5.41, 5.74) is 9.69. The van der Waals surface area contributed by atoms with Crippen molar-refractivity contribution in [2.45, 2.75) is 56.5 Å². The predicted molar refractivity (Wildman–Crippen MR) is 166 cm³/mol. The van der Waals surface area contributed by atoms with Crippen molar-refractivity contribution in [2.24, 2.45) is 5.11 Å². The Labute approximate surface area is 256 Å². The second-order valence-corrected chi connectivity index (χ2v) is 16.2. The van der Waals surface area contributed by atoms with Crippen molar-refractivity contribution >= 4 is 40.6 Å². The predicted octanol–water partition coefficient (Wildman–Crippen LogP) is 5.62. The van der Waals surface area contributed by atoms with Crippen molar-refractivity contribution < 1.29 is 28.2 Å². The second-order valence-electron chi connectivity index (χ2n) is 11.0. The Morgan fingerprint density at radius 3 is 1.98 bits per heavy atom. The molecule has 1 aliphatic heterocycles. The SMILES string of the molecule is CO[C@H]1O[C@H](CO[Si](c2ccccc2)(c2ccccc2)C(C)(C)C)[C@@H](OC)[C@H](OC(=O)c2ccc(Br)cc2)[C@@H]1N=[N+]=[N-]. The first-order valence-corrected chi connectivity index (χ1v) is 16.3. The lowest BCUT2D eigenvalue weighted by Gasteiger charge is -2.47. The molecule has 0 spiro atoms. The van der Waals surface area contributed by atoms with Crippen LogP contribution in [0, 0.1) is 0 Å². The fourth-order valence-corrected chi connectivity index (χ4v) is 10.4. The van der Waals surface area contributed by atoms with Crippen molar-refractivity contribution in [1.29, 1.82) is 0 Å². The Hall–Kier alpha value is -3.02. The first-order valence-electron chi connectivity index (χ1n) is 13.6. The summed E-state index contributed by atoms with van der Waals surface area (Å²) in [6.07, 6.45) is -3.53. The summed E-state index contributed by atoms with van der Waals surface area (Å²) >= 11 is 3.38. The highest BCUT2D eigenvalue weighted by atomic mass is 79.9. The summed E-state index contributed by atoms with van der Waals surface area (Å²) in [5.74, 6) is -0.587. The van der Waals surface area contributed by atoms with Crippen molar-refractivity contribution in [2.75, 3.05) is 20.8 Å². The number of hydrogen-bond donors (Lipinski definition) is 0. The first-order chi connectivity index (χ1) is 20.2. The van der Waals surface area contributed by atoms with Gasteiger partial charge >= 0.3 is 5.97 Å². The van der Waals surface area contributed by atoms with Crippen molar-refractivity contribution in [3.05, 3.63) is 105 Å². The highest BCUT2D eigenvalue weighted by Crippen LogP contribution is 2.38. The highest BCUT2D eigenvalue weighted by molar-refractivity contribution is 9.10. The molecule has 11 heteroatoms. The summed E-state index contributed by atoms with van der Waals surface area (Å²) < 4.78 is 31.7. The third-order valence-electron chi connectivity index (χ3n) is 7.51. The number of halogens is 1. The van der Waals surface area contributed by atoms with Gasteiger partial charge in [-0.1, -0.05) is 102 Å². The zero-order valence-electron chi connectivity index (χ0n) is 24.3. The molecule has 0 aliphatic carbocycles. The van der Waals surface area contributed by atoms with Gasteiger partial charge in [0.2, 0.25) is 0 Å². The summed E-state index contributed by atoms with van der Waals surface area (Å²) in [4.78, 5) is 16.2. The van der Waals surface area contributed by atoms with Gasteiger partial charge in [-0.05, 0) is 45.2 Å². The van der Waals surface area contributed by atoms with E-state index in [0.717, 1.165) is 14.8 Å². The maximum Gasteiger partial charge on any atom is 0.338 e. The molecule has 3 aromatic rings. The quantitative estimate of drug-likeness (QED) is 0.0923. The maximum atomic E-state index is 13.2. The van der Waals surface area contributed by atoms with E-state index in [9.17, 15) is 10.3 Å². The molecular weight excluding hydrogens is 618 g/mol. The number of carbonyl (C=O) groups excluding carboxylic acids is 1. The molecule has 0 aromatic heterocycles. The van der Waals surface area contributed by atoms with E-state index in [4.69, 9.17) is 23.4 Å². The number of benzene rings is 3. The minimum absolute atomic E-state index is 0.112. The molecule has 1 aliphatic rings. The van der Waals surface area contributed by atoms with Gasteiger partial charge in [-0.15, -0.1) is 0 Å². The highest BCUT2D eigenvalue weighted by Gasteiger charge is 2.53. The topological polar surface area (TPSA) is 112 Å². The van der Waals surface area contributed by atoms with Crippen LogP contribution in [0.15, 0.2) is 94.5 Å². The second kappa shape index (κ2) is 14.0. The van der Waals surface area contributed by atoms with E-state index in [1.807, 2.05) is 36.4 Å². The Balaban J connectivity index is 1.72. The zero-order valence-corrected chi connectivity index (χ0v) is 26.9. The molecule has 0 radical (unpaired) electrons. The van der Waals surface area contributed by atoms with E-state index >= 15 is 0 Å². The van der Waals surface area contributed by atoms with Gasteiger partial charge < -0.3 is 23.4 Å². The largest absolute Gasteiger partial charge is 0.455 e. The Bertz CT molecular complexity index is 1330. The molecule has 0 N–H and O–H groups in total. The van der Waals surface area contributed by atoms with Crippen molar-refractivity contribution in [3.8, 4) is 0 Å². The number of methoxy groups -OCH3 is 2. The standard InChI is InChI=1S/C31H36BrN3O6Si/c1-31(2,3)42(23-12-8-6-9-13-23,24-14-10-7-11-15-24)39-20-25-27(37-4)28(26(34-35-33)30(38-5)40-25)41-29(36)21-16-18-22(32)19-17-21/h6-19,25-28,30H,20H2,1-5H3/t25-,26+,27-,28-,30+/m1/s1. The van der Waals surface area contributed by atoms with Crippen LogP contribution in [-0.2, 0) is 23.4 Å². The third kappa shape index (κ3) is 6.63. The zero-order chi connectivity index (χ0) is 30.3. The molecule has 0 saturated carbocycles. The van der Waals surface area contributed by atoms with Crippen LogP contribution in [0.4, 0.5) is 0 Å². The van der Waals surface area contributed by atoms with E-state index < -0.39 is 44.9 Å². The van der Waals surface area contributed by atoms with Crippen LogP contribution in [0.3, 0.4) is 0 Å². The molecule has 9 nitrogen and oxygen atoms in total. The van der Waals surface area contributed by atoms with Gasteiger partial charge in [-0.25, -0.2) is 4.79 Å². The van der Waals surface area contributed by atoms with Crippen molar-refractivity contribution in [1.82, 2.24) is 0 Å². The number of rotatable bonds is 10. The Morgan fingerprint density at radius 2 is 1.50 bits per heavy atom. The van der Waals surface area contributed by atoms with Crippen LogP contribution in [0.5, 0.6) is 0 Å². The Morgan fingerprint density at radius 1 is 0.929 bits per heavy atom. The van der Waals surface area contributed by atoms with E-state index in [2.05, 4.69) is 71.0 Å². The van der Waals surface area contributed by atoms with Crippen LogP contribution in [-0.4, -0.2) is 65.8 Å². The van der Waals surface area contributed by atoms with Gasteiger partial charge in [0, 0.05) is 23.6 Å². The van der Waals surface area contributed by atoms with Crippen LogP contribution in [0.1, 0.15) is 31.1 Å². The van der Waals surface area contributed by atoms with Crippen LogP contribution < -0.4 is 10.4 Å². The molecule has 42 heavy (non-hydrogen) atoms. The number of esters is 1. The molecule has 4 rings (SSSR count). The summed E-state index contributed by atoms with van der Waals surface area (Å²) in [7, 11) is 0.0317. The summed E-state index contributed by atoms with van der Waals surface area (Å²) in [6.45, 7) is 6.68. The van der Waals surface area contributed by atoms with Gasteiger partial charge in [-0.2, -0.15) is 0 Å². The number of ether oxygens (including phenoxy) is 4. The minimum Gasteiger partial charge on any atom is -0.455 e. The van der Waals surface area contributed by atoms with E-state index in [1.165, 1.54) is 14.2 Å². The smallest absolute Gasteiger partial charge is 0.338 e. The first kappa shape index (κ1) is 31.9. The van der Waals surface area contributed by atoms with Gasteiger partial charge in [0.05, 0.1) is 12.2 Å². The summed E-state index contributed by atoms with van der Waals surface area (Å²) in [5, 5.41) is 5.84. The molecular formula is C31H36BrN3O6Si. The lowest BCUT2D eigenvalue weighted by atomic mass is 9.97. The van der Waals surface area contributed by atoms with E-state index in [1.54, 1.807) is 24.3 Å². The van der Waals surface area contributed by atoms with E-state index in [0.29, 0.717) is 5.56 Å². The van der Waals surface area contributed by atoms with Gasteiger partial charge in [0.15, 0.2) is 6.29 Å². The van der Waals surface area contributed by atoms with Crippen molar-refractivity contribution in [3.63, 3.8) is 0 Å². The number of hydrogen-bond acceptors (Lipinski definition) is 7. The molecule has 0 unspecified atom stereocenters. The van der Waals surface area contributed by atoms with Gasteiger partial charge in [-0.3, -0.25) is 0 Å². The molecule has 1 heterocycles. The molecule has 0 amide bonds. The monoisotopic (exact) mass is 653 g/mol. The van der Waals surface area contributed by atoms with Crippen LogP contribution >= 0.6 is 15.9 Å². The average Bonchev–Trinajstić information content (AvgIpc) is 2.99. The molecule has 0 bridgehead atoms. The lowest BCUT2D eigenvalue weighted by Crippen LogP contribution is -2.68. The minimum atomic E-state index is -2.92. The maximum absolute atomic E-state index is 13.2. The fourth-order valence-electron chi connectivity index (χ4n) is 5.57. The van der Waals surface area contributed by atoms with Gasteiger partial charge in [0.25, 0.3) is 8.32 Å². The van der Waals surface area contributed by atoms with E-state index in [-0.39, 0.29) is 11.6 Å². The average molecular weight is 655 g/mol. The number of carbonyl (C=O) groups is 1. The lowest BCUT2D eigenvalue weighted by molar-refractivity contribution is -0.260. The fraction of sp³-hybridized carbons (Fsp3) is 0.387. The Kier molecular flexibility index (Phi) is 10.6. The van der Waals surface area contributed by atoms with Gasteiger partial charge in [0.1, 0.15) is 24.4 Å². The normalized spacial score (nSPS) is 22.7. The molecule has 1 fully saturated rings. The molecule has 222 valence electrons. The van der Waals surface area contributed by atoms with Crippen LogP contribution in [0.2, 0.25) is 5.04 Å². The molecule has 3 aromatic carbocycles. The third-order valence-corrected chi connectivity index (χ3v) is 13.0.